The van der Waals surface area contributed by atoms with Gasteiger partial charge in [0.15, 0.2) is 0 Å². The summed E-state index contributed by atoms with van der Waals surface area (Å²) in [4.78, 5) is 21.3. The van der Waals surface area contributed by atoms with E-state index in [1.54, 1.807) is 7.11 Å². The Balaban J connectivity index is 2.70. The molecular weight excluding hydrogens is 328 g/mol. The minimum atomic E-state index is -0.530. The molecule has 0 aromatic heterocycles. The van der Waals surface area contributed by atoms with Crippen molar-refractivity contribution in [1.29, 1.82) is 0 Å². The van der Waals surface area contributed by atoms with Crippen molar-refractivity contribution in [3.8, 4) is 0 Å². The molecule has 1 aromatic rings. The van der Waals surface area contributed by atoms with Crippen LogP contribution in [0.3, 0.4) is 0 Å². The molecule has 0 aliphatic carbocycles. The molecule has 138 valence electrons. The molecule has 2 atom stereocenters. The van der Waals surface area contributed by atoms with Crippen LogP contribution in [0.1, 0.15) is 44.7 Å². The van der Waals surface area contributed by atoms with Crippen LogP contribution >= 0.6 is 0 Å². The van der Waals surface area contributed by atoms with Crippen LogP contribution in [0.25, 0.3) is 4.85 Å². The van der Waals surface area contributed by atoms with Crippen molar-refractivity contribution >= 4 is 11.7 Å². The predicted octanol–water partition coefficient (Wildman–Crippen LogP) is 3.95. The average molecular weight is 354 g/mol. The lowest BCUT2D eigenvalue weighted by atomic mass is 9.78. The lowest BCUT2D eigenvalue weighted by molar-refractivity contribution is -0.143. The van der Waals surface area contributed by atoms with E-state index in [0.29, 0.717) is 17.0 Å². The van der Waals surface area contributed by atoms with Gasteiger partial charge in [-0.05, 0) is 38.3 Å². The number of methoxy groups -OCH3 is 1. The zero-order chi connectivity index (χ0) is 19.3. The standard InChI is InChI=1S/C21H26N2O3/c1-7-15-10-8-9-11-16(15)18-19(21(24)26-13(2)3)17(12-25-6)23-14(4)20(18)22-5/h8-11,13,18,20H,7,12H2,1-4,6H3. The number of carbonyl (C=O) groups is 1. The average Bonchev–Trinajstić information content (AvgIpc) is 2.60. The fourth-order valence-corrected chi connectivity index (χ4v) is 3.34. The Morgan fingerprint density at radius 1 is 1.35 bits per heavy atom. The SMILES string of the molecule is [C-]#[N+]C1C(C)=NC(COC)=C(C(=O)OC(C)C)C1c1ccccc1CC. The van der Waals surface area contributed by atoms with Gasteiger partial charge in [0.2, 0.25) is 0 Å². The van der Waals surface area contributed by atoms with Crippen LogP contribution in [-0.2, 0) is 20.7 Å². The summed E-state index contributed by atoms with van der Waals surface area (Å²) in [6.07, 6.45) is 0.568. The highest BCUT2D eigenvalue weighted by Gasteiger charge is 2.43. The smallest absolute Gasteiger partial charge is 0.337 e. The van der Waals surface area contributed by atoms with Gasteiger partial charge in [-0.15, -0.1) is 0 Å². The molecule has 0 radical (unpaired) electrons. The third kappa shape index (κ3) is 4.03. The number of hydrogen-bond acceptors (Lipinski definition) is 4. The number of benzene rings is 1. The molecule has 0 saturated heterocycles. The Morgan fingerprint density at radius 2 is 2.04 bits per heavy atom. The Labute approximate surface area is 155 Å². The molecule has 2 rings (SSSR count). The molecular formula is C21H26N2O3. The van der Waals surface area contributed by atoms with Crippen LogP contribution < -0.4 is 0 Å². The molecule has 5 heteroatoms. The van der Waals surface area contributed by atoms with Crippen LogP contribution in [0.15, 0.2) is 40.5 Å². The minimum Gasteiger partial charge on any atom is -0.460 e. The molecule has 26 heavy (non-hydrogen) atoms. The van der Waals surface area contributed by atoms with E-state index in [2.05, 4.69) is 16.8 Å². The monoisotopic (exact) mass is 354 g/mol. The number of ether oxygens (including phenoxy) is 2. The van der Waals surface area contributed by atoms with Crippen molar-refractivity contribution in [1.82, 2.24) is 0 Å². The first-order valence-electron chi connectivity index (χ1n) is 8.87. The Kier molecular flexibility index (Phi) is 6.70. The van der Waals surface area contributed by atoms with Crippen LogP contribution in [0.5, 0.6) is 0 Å². The maximum Gasteiger partial charge on any atom is 0.337 e. The first kappa shape index (κ1) is 19.9. The van der Waals surface area contributed by atoms with E-state index in [1.807, 2.05) is 45.0 Å². The highest BCUT2D eigenvalue weighted by atomic mass is 16.5. The van der Waals surface area contributed by atoms with Gasteiger partial charge < -0.3 is 14.3 Å². The zero-order valence-electron chi connectivity index (χ0n) is 16.1. The van der Waals surface area contributed by atoms with Gasteiger partial charge in [0.1, 0.15) is 0 Å². The van der Waals surface area contributed by atoms with Crippen LogP contribution in [-0.4, -0.2) is 37.5 Å². The molecule has 2 unspecified atom stereocenters. The van der Waals surface area contributed by atoms with Gasteiger partial charge in [-0.2, -0.15) is 0 Å². The summed E-state index contributed by atoms with van der Waals surface area (Å²) >= 11 is 0. The fourth-order valence-electron chi connectivity index (χ4n) is 3.34. The molecule has 0 amide bonds. The summed E-state index contributed by atoms with van der Waals surface area (Å²) in [5.74, 6) is -0.828. The summed E-state index contributed by atoms with van der Waals surface area (Å²) in [5.41, 5.74) is 3.78. The Morgan fingerprint density at radius 3 is 2.62 bits per heavy atom. The third-order valence-corrected chi connectivity index (χ3v) is 4.43. The van der Waals surface area contributed by atoms with Crippen molar-refractivity contribution in [2.24, 2.45) is 4.99 Å². The number of hydrogen-bond donors (Lipinski definition) is 0. The van der Waals surface area contributed by atoms with E-state index >= 15 is 0 Å². The highest BCUT2D eigenvalue weighted by Crippen LogP contribution is 2.39. The van der Waals surface area contributed by atoms with E-state index in [4.69, 9.17) is 16.0 Å². The second-order valence-corrected chi connectivity index (χ2v) is 6.60. The molecule has 0 bridgehead atoms. The number of rotatable bonds is 6. The second-order valence-electron chi connectivity index (χ2n) is 6.60. The summed E-state index contributed by atoms with van der Waals surface area (Å²) in [6, 6.07) is 7.42. The summed E-state index contributed by atoms with van der Waals surface area (Å²) < 4.78 is 10.8. The van der Waals surface area contributed by atoms with Gasteiger partial charge in [0.25, 0.3) is 6.04 Å². The maximum absolute atomic E-state index is 12.9. The van der Waals surface area contributed by atoms with Gasteiger partial charge in [-0.3, -0.25) is 4.99 Å². The predicted molar refractivity (Wildman–Crippen MR) is 102 cm³/mol. The van der Waals surface area contributed by atoms with Crippen LogP contribution in [0.4, 0.5) is 0 Å². The Hall–Kier alpha value is -2.45. The first-order chi connectivity index (χ1) is 12.4. The normalized spacial score (nSPS) is 20.0. The van der Waals surface area contributed by atoms with E-state index < -0.39 is 17.9 Å². The van der Waals surface area contributed by atoms with Crippen molar-refractivity contribution < 1.29 is 14.3 Å². The number of nitrogens with zero attached hydrogens (tertiary/aromatic N) is 2. The minimum absolute atomic E-state index is 0.204. The molecule has 1 aliphatic rings. The molecule has 1 aliphatic heterocycles. The van der Waals surface area contributed by atoms with E-state index in [1.165, 1.54) is 0 Å². The lowest BCUT2D eigenvalue weighted by Gasteiger charge is -2.28. The molecule has 0 spiro atoms. The number of aryl methyl sites for hydroxylation is 1. The largest absolute Gasteiger partial charge is 0.460 e. The van der Waals surface area contributed by atoms with Crippen molar-refractivity contribution in [2.75, 3.05) is 13.7 Å². The topological polar surface area (TPSA) is 52.2 Å². The number of esters is 1. The fraction of sp³-hybridized carbons (Fsp3) is 0.476. The number of carbonyl (C=O) groups excluding carboxylic acids is 1. The van der Waals surface area contributed by atoms with Gasteiger partial charge >= 0.3 is 5.97 Å². The van der Waals surface area contributed by atoms with Gasteiger partial charge in [-0.1, -0.05) is 31.2 Å². The maximum atomic E-state index is 12.9. The first-order valence-corrected chi connectivity index (χ1v) is 8.87. The molecule has 5 nitrogen and oxygen atoms in total. The van der Waals surface area contributed by atoms with E-state index in [0.717, 1.165) is 17.5 Å². The lowest BCUT2D eigenvalue weighted by Crippen LogP contribution is -2.34. The molecule has 0 N–H and O–H groups in total. The highest BCUT2D eigenvalue weighted by molar-refractivity contribution is 6.00. The Bertz CT molecular complexity index is 772. The molecule has 1 aromatic carbocycles. The van der Waals surface area contributed by atoms with Crippen LogP contribution in [0, 0.1) is 6.57 Å². The van der Waals surface area contributed by atoms with Crippen molar-refractivity contribution in [2.45, 2.75) is 52.2 Å². The summed E-state index contributed by atoms with van der Waals surface area (Å²) in [6.45, 7) is 15.5. The van der Waals surface area contributed by atoms with Gasteiger partial charge in [-0.25, -0.2) is 11.4 Å². The van der Waals surface area contributed by atoms with Crippen molar-refractivity contribution in [3.63, 3.8) is 0 Å². The molecule has 0 saturated carbocycles. The van der Waals surface area contributed by atoms with Crippen molar-refractivity contribution in [3.05, 3.63) is 58.1 Å². The van der Waals surface area contributed by atoms with E-state index in [9.17, 15) is 4.79 Å². The second kappa shape index (κ2) is 8.77. The zero-order valence-corrected chi connectivity index (χ0v) is 16.1. The molecule has 1 heterocycles. The summed E-state index contributed by atoms with van der Waals surface area (Å²) in [5, 5.41) is 0. The quantitative estimate of drug-likeness (QED) is 0.574. The van der Waals surface area contributed by atoms with E-state index in [-0.39, 0.29) is 12.7 Å². The van der Waals surface area contributed by atoms with Gasteiger partial charge in [0, 0.05) is 7.11 Å². The van der Waals surface area contributed by atoms with Crippen LogP contribution in [0.2, 0.25) is 0 Å². The van der Waals surface area contributed by atoms with Gasteiger partial charge in [0.05, 0.1) is 35.6 Å². The number of aliphatic imine (C=N–C) groups is 1. The molecule has 0 fully saturated rings. The third-order valence-electron chi connectivity index (χ3n) is 4.43. The summed E-state index contributed by atoms with van der Waals surface area (Å²) in [7, 11) is 1.57.